The van der Waals surface area contributed by atoms with Crippen LogP contribution < -0.4 is 5.32 Å². The molecule has 0 spiro atoms. The van der Waals surface area contributed by atoms with Crippen molar-refractivity contribution in [3.63, 3.8) is 0 Å². The summed E-state index contributed by atoms with van der Waals surface area (Å²) >= 11 is 0. The van der Waals surface area contributed by atoms with Gasteiger partial charge in [-0.3, -0.25) is 4.98 Å². The van der Waals surface area contributed by atoms with Crippen LogP contribution in [0.25, 0.3) is 0 Å². The quantitative estimate of drug-likeness (QED) is 0.784. The fourth-order valence-corrected chi connectivity index (χ4v) is 1.86. The number of rotatable bonds is 4. The summed E-state index contributed by atoms with van der Waals surface area (Å²) in [6.07, 6.45) is 0.710. The first-order valence-corrected chi connectivity index (χ1v) is 5.61. The van der Waals surface area contributed by atoms with Gasteiger partial charge in [-0.25, -0.2) is 0 Å². The van der Waals surface area contributed by atoms with Crippen molar-refractivity contribution in [2.45, 2.75) is 25.5 Å². The summed E-state index contributed by atoms with van der Waals surface area (Å²) in [7, 11) is 0. The molecule has 4 nitrogen and oxygen atoms in total. The highest BCUT2D eigenvalue weighted by atomic mass is 16.5. The van der Waals surface area contributed by atoms with Crippen molar-refractivity contribution >= 4 is 0 Å². The van der Waals surface area contributed by atoms with E-state index in [1.807, 2.05) is 25.1 Å². The molecule has 1 aromatic rings. The van der Waals surface area contributed by atoms with Crippen LogP contribution in [0.4, 0.5) is 0 Å². The maximum atomic E-state index is 10.0. The maximum Gasteiger partial charge on any atom is 0.103 e. The number of hydrogen-bond donors (Lipinski definition) is 2. The van der Waals surface area contributed by atoms with Gasteiger partial charge in [-0.1, -0.05) is 6.07 Å². The predicted octanol–water partition coefficient (Wildman–Crippen LogP) is 0.631. The van der Waals surface area contributed by atoms with Crippen molar-refractivity contribution in [1.29, 1.82) is 0 Å². The molecular formula is C12H18N2O2. The van der Waals surface area contributed by atoms with Gasteiger partial charge >= 0.3 is 0 Å². The van der Waals surface area contributed by atoms with Gasteiger partial charge in [0.2, 0.25) is 0 Å². The summed E-state index contributed by atoms with van der Waals surface area (Å²) in [4.78, 5) is 4.38. The lowest BCUT2D eigenvalue weighted by Gasteiger charge is -2.20. The third-order valence-electron chi connectivity index (χ3n) is 2.79. The second kappa shape index (κ2) is 4.91. The Kier molecular flexibility index (Phi) is 3.53. The Morgan fingerprint density at radius 2 is 2.44 bits per heavy atom. The van der Waals surface area contributed by atoms with Crippen LogP contribution in [-0.2, 0) is 11.3 Å². The summed E-state index contributed by atoms with van der Waals surface area (Å²) in [5.74, 6) is 0. The molecular weight excluding hydrogens is 204 g/mol. The summed E-state index contributed by atoms with van der Waals surface area (Å²) in [6, 6.07) is 5.95. The van der Waals surface area contributed by atoms with Crippen LogP contribution in [0.1, 0.15) is 17.8 Å². The molecule has 16 heavy (non-hydrogen) atoms. The zero-order valence-corrected chi connectivity index (χ0v) is 9.57. The number of aliphatic hydroxyl groups is 1. The summed E-state index contributed by atoms with van der Waals surface area (Å²) < 4.78 is 5.18. The Balaban J connectivity index is 1.79. The topological polar surface area (TPSA) is 54.4 Å². The van der Waals surface area contributed by atoms with E-state index in [4.69, 9.17) is 4.74 Å². The van der Waals surface area contributed by atoms with E-state index >= 15 is 0 Å². The predicted molar refractivity (Wildman–Crippen MR) is 61.1 cm³/mol. The van der Waals surface area contributed by atoms with Crippen molar-refractivity contribution in [2.24, 2.45) is 0 Å². The highest BCUT2D eigenvalue weighted by Gasteiger charge is 2.31. The van der Waals surface area contributed by atoms with E-state index in [9.17, 15) is 5.11 Å². The first-order valence-electron chi connectivity index (χ1n) is 5.61. The largest absolute Gasteiger partial charge is 0.386 e. The Bertz CT molecular complexity index is 349. The second-order valence-corrected chi connectivity index (χ2v) is 4.40. The lowest BCUT2D eigenvalue weighted by atomic mass is 10.0. The number of nitrogens with one attached hydrogen (secondary N) is 1. The Morgan fingerprint density at radius 1 is 1.56 bits per heavy atom. The minimum absolute atomic E-state index is 0.432. The molecule has 2 N–H and O–H groups in total. The Hall–Kier alpha value is -0.970. The van der Waals surface area contributed by atoms with Crippen LogP contribution >= 0.6 is 0 Å². The molecule has 2 heterocycles. The lowest BCUT2D eigenvalue weighted by molar-refractivity contribution is 0.0268. The van der Waals surface area contributed by atoms with Crippen molar-refractivity contribution in [3.05, 3.63) is 29.6 Å². The number of aryl methyl sites for hydroxylation is 1. The molecule has 0 aliphatic carbocycles. The Morgan fingerprint density at radius 3 is 3.12 bits per heavy atom. The molecule has 1 fully saturated rings. The molecule has 1 saturated heterocycles. The fraction of sp³-hybridized carbons (Fsp3) is 0.583. The molecule has 0 saturated carbocycles. The van der Waals surface area contributed by atoms with E-state index < -0.39 is 5.60 Å². The van der Waals surface area contributed by atoms with Gasteiger partial charge in [0.05, 0.1) is 12.3 Å². The molecule has 1 aliphatic heterocycles. The zero-order valence-electron chi connectivity index (χ0n) is 9.57. The monoisotopic (exact) mass is 222 g/mol. The van der Waals surface area contributed by atoms with E-state index in [0.717, 1.165) is 11.4 Å². The first kappa shape index (κ1) is 11.5. The van der Waals surface area contributed by atoms with Crippen molar-refractivity contribution in [2.75, 3.05) is 19.8 Å². The number of aromatic nitrogens is 1. The van der Waals surface area contributed by atoms with Crippen LogP contribution in [0.15, 0.2) is 18.2 Å². The van der Waals surface area contributed by atoms with Gasteiger partial charge in [0, 0.05) is 31.8 Å². The van der Waals surface area contributed by atoms with Crippen LogP contribution in [0, 0.1) is 6.92 Å². The number of nitrogens with zero attached hydrogens (tertiary/aromatic N) is 1. The number of pyridine rings is 1. The first-order chi connectivity index (χ1) is 7.68. The van der Waals surface area contributed by atoms with Crippen LogP contribution in [0.2, 0.25) is 0 Å². The summed E-state index contributed by atoms with van der Waals surface area (Å²) in [5, 5.41) is 13.2. The SMILES string of the molecule is Cc1cccc(CNCC2(O)CCOC2)n1. The van der Waals surface area contributed by atoms with E-state index in [0.29, 0.717) is 32.7 Å². The molecule has 0 radical (unpaired) electrons. The van der Waals surface area contributed by atoms with E-state index in [-0.39, 0.29) is 0 Å². The maximum absolute atomic E-state index is 10.0. The Labute approximate surface area is 95.7 Å². The van der Waals surface area contributed by atoms with Gasteiger partial charge in [0.1, 0.15) is 5.60 Å². The molecule has 1 aromatic heterocycles. The van der Waals surface area contributed by atoms with Gasteiger partial charge in [-0.2, -0.15) is 0 Å². The van der Waals surface area contributed by atoms with Gasteiger partial charge in [0.15, 0.2) is 0 Å². The van der Waals surface area contributed by atoms with Crippen molar-refractivity contribution in [1.82, 2.24) is 10.3 Å². The highest BCUT2D eigenvalue weighted by Crippen LogP contribution is 2.16. The fourth-order valence-electron chi connectivity index (χ4n) is 1.86. The highest BCUT2D eigenvalue weighted by molar-refractivity contribution is 5.09. The standard InChI is InChI=1S/C12H18N2O2/c1-10-3-2-4-11(14-10)7-13-8-12(15)5-6-16-9-12/h2-4,13,15H,5-9H2,1H3. The van der Waals surface area contributed by atoms with Gasteiger partial charge in [0.25, 0.3) is 0 Å². The molecule has 0 aromatic carbocycles. The minimum Gasteiger partial charge on any atom is -0.386 e. The zero-order chi connectivity index (χ0) is 11.4. The summed E-state index contributed by atoms with van der Waals surface area (Å²) in [6.45, 7) is 4.30. The molecule has 88 valence electrons. The van der Waals surface area contributed by atoms with E-state index in [2.05, 4.69) is 10.3 Å². The number of ether oxygens (including phenoxy) is 1. The molecule has 1 atom stereocenters. The van der Waals surface area contributed by atoms with Crippen LogP contribution in [0.3, 0.4) is 0 Å². The molecule has 2 rings (SSSR count). The van der Waals surface area contributed by atoms with Crippen LogP contribution in [-0.4, -0.2) is 35.5 Å². The summed E-state index contributed by atoms with van der Waals surface area (Å²) in [5.41, 5.74) is 1.33. The third-order valence-corrected chi connectivity index (χ3v) is 2.79. The lowest BCUT2D eigenvalue weighted by Crippen LogP contribution is -2.40. The van der Waals surface area contributed by atoms with Crippen molar-refractivity contribution in [3.8, 4) is 0 Å². The average molecular weight is 222 g/mol. The van der Waals surface area contributed by atoms with Crippen LogP contribution in [0.5, 0.6) is 0 Å². The molecule has 1 aliphatic rings. The average Bonchev–Trinajstić information content (AvgIpc) is 2.65. The molecule has 4 heteroatoms. The molecule has 1 unspecified atom stereocenters. The second-order valence-electron chi connectivity index (χ2n) is 4.40. The van der Waals surface area contributed by atoms with E-state index in [1.54, 1.807) is 0 Å². The van der Waals surface area contributed by atoms with Crippen molar-refractivity contribution < 1.29 is 9.84 Å². The van der Waals surface area contributed by atoms with Gasteiger partial charge in [-0.05, 0) is 19.1 Å². The van der Waals surface area contributed by atoms with Gasteiger partial charge in [-0.15, -0.1) is 0 Å². The van der Waals surface area contributed by atoms with Gasteiger partial charge < -0.3 is 15.2 Å². The molecule has 0 amide bonds. The van der Waals surface area contributed by atoms with E-state index in [1.165, 1.54) is 0 Å². The minimum atomic E-state index is -0.691. The normalized spacial score (nSPS) is 24.9. The smallest absolute Gasteiger partial charge is 0.103 e. The molecule has 0 bridgehead atoms. The third kappa shape index (κ3) is 3.01. The number of hydrogen-bond acceptors (Lipinski definition) is 4.